The van der Waals surface area contributed by atoms with Crippen molar-refractivity contribution in [3.8, 4) is 0 Å². The molecule has 1 saturated carbocycles. The molecule has 1 aliphatic heterocycles. The molecule has 1 saturated heterocycles. The molecule has 0 bridgehead atoms. The summed E-state index contributed by atoms with van der Waals surface area (Å²) in [6.45, 7) is 13.3. The molecular formula is C15H30N2. The zero-order chi connectivity index (χ0) is 12.3. The lowest BCUT2D eigenvalue weighted by Crippen LogP contribution is -2.58. The number of nitrogens with zero attached hydrogens (tertiary/aromatic N) is 1. The first-order valence-corrected chi connectivity index (χ1v) is 7.56. The van der Waals surface area contributed by atoms with Gasteiger partial charge in [-0.2, -0.15) is 0 Å². The second-order valence-electron chi connectivity index (χ2n) is 6.81. The van der Waals surface area contributed by atoms with E-state index in [1.165, 1.54) is 51.9 Å². The molecule has 2 aliphatic rings. The number of hydrogen-bond donors (Lipinski definition) is 1. The van der Waals surface area contributed by atoms with Gasteiger partial charge >= 0.3 is 0 Å². The van der Waals surface area contributed by atoms with Crippen LogP contribution >= 0.6 is 0 Å². The highest BCUT2D eigenvalue weighted by atomic mass is 15.2. The Labute approximate surface area is 107 Å². The summed E-state index contributed by atoms with van der Waals surface area (Å²) in [7, 11) is 0. The minimum Gasteiger partial charge on any atom is -0.317 e. The fourth-order valence-corrected chi connectivity index (χ4v) is 3.71. The summed E-state index contributed by atoms with van der Waals surface area (Å²) in [5.74, 6) is 1.79. The molecule has 0 amide bonds. The van der Waals surface area contributed by atoms with Crippen molar-refractivity contribution in [3.05, 3.63) is 0 Å². The van der Waals surface area contributed by atoms with Gasteiger partial charge in [0.2, 0.25) is 0 Å². The Kier molecular flexibility index (Phi) is 4.48. The SMILES string of the molecule is CCNCC1CCC2(CC1)CN(CC(C)C)C2. The van der Waals surface area contributed by atoms with Crippen LogP contribution in [0.15, 0.2) is 0 Å². The van der Waals surface area contributed by atoms with Crippen LogP contribution in [0.3, 0.4) is 0 Å². The van der Waals surface area contributed by atoms with Crippen LogP contribution in [-0.4, -0.2) is 37.6 Å². The predicted octanol–water partition coefficient (Wildman–Crippen LogP) is 2.74. The molecule has 2 fully saturated rings. The lowest BCUT2D eigenvalue weighted by Gasteiger charge is -2.54. The maximum Gasteiger partial charge on any atom is 0.00506 e. The Morgan fingerprint density at radius 3 is 2.41 bits per heavy atom. The van der Waals surface area contributed by atoms with Crippen LogP contribution in [0.1, 0.15) is 46.5 Å². The van der Waals surface area contributed by atoms with Crippen molar-refractivity contribution < 1.29 is 0 Å². The fraction of sp³-hybridized carbons (Fsp3) is 1.00. The van der Waals surface area contributed by atoms with Crippen LogP contribution in [0.2, 0.25) is 0 Å². The Bertz CT molecular complexity index is 221. The van der Waals surface area contributed by atoms with E-state index in [0.29, 0.717) is 0 Å². The van der Waals surface area contributed by atoms with Crippen LogP contribution in [0.5, 0.6) is 0 Å². The average molecular weight is 238 g/mol. The molecule has 0 atom stereocenters. The van der Waals surface area contributed by atoms with E-state index in [1.807, 2.05) is 0 Å². The molecule has 1 N–H and O–H groups in total. The van der Waals surface area contributed by atoms with E-state index in [4.69, 9.17) is 0 Å². The van der Waals surface area contributed by atoms with Gasteiger partial charge in [-0.1, -0.05) is 20.8 Å². The summed E-state index contributed by atoms with van der Waals surface area (Å²) >= 11 is 0. The molecule has 2 heteroatoms. The summed E-state index contributed by atoms with van der Waals surface area (Å²) in [6.07, 6.45) is 5.89. The molecule has 1 heterocycles. The van der Waals surface area contributed by atoms with E-state index in [1.54, 1.807) is 0 Å². The second kappa shape index (κ2) is 5.71. The van der Waals surface area contributed by atoms with Crippen molar-refractivity contribution in [1.29, 1.82) is 0 Å². The molecule has 0 aromatic heterocycles. The van der Waals surface area contributed by atoms with Gasteiger partial charge in [0.25, 0.3) is 0 Å². The quantitative estimate of drug-likeness (QED) is 0.792. The smallest absolute Gasteiger partial charge is 0.00506 e. The third-order valence-corrected chi connectivity index (χ3v) is 4.59. The minimum atomic E-state index is 0.734. The first kappa shape index (κ1) is 13.4. The second-order valence-corrected chi connectivity index (χ2v) is 6.81. The first-order valence-electron chi connectivity index (χ1n) is 7.56. The van der Waals surface area contributed by atoms with Gasteiger partial charge < -0.3 is 10.2 Å². The molecule has 2 rings (SSSR count). The highest BCUT2D eigenvalue weighted by Crippen LogP contribution is 2.45. The van der Waals surface area contributed by atoms with Gasteiger partial charge in [0.05, 0.1) is 0 Å². The average Bonchev–Trinajstić information content (AvgIpc) is 2.25. The lowest BCUT2D eigenvalue weighted by molar-refractivity contribution is -0.0431. The van der Waals surface area contributed by atoms with Gasteiger partial charge in [0, 0.05) is 19.6 Å². The Hall–Kier alpha value is -0.0800. The summed E-state index contributed by atoms with van der Waals surface area (Å²) < 4.78 is 0. The summed E-state index contributed by atoms with van der Waals surface area (Å²) in [5.41, 5.74) is 0.734. The van der Waals surface area contributed by atoms with Crippen molar-refractivity contribution in [2.75, 3.05) is 32.7 Å². The molecule has 17 heavy (non-hydrogen) atoms. The number of hydrogen-bond acceptors (Lipinski definition) is 2. The van der Waals surface area contributed by atoms with E-state index in [0.717, 1.165) is 23.8 Å². The monoisotopic (exact) mass is 238 g/mol. The molecule has 1 aliphatic carbocycles. The Morgan fingerprint density at radius 1 is 1.24 bits per heavy atom. The van der Waals surface area contributed by atoms with Crippen molar-refractivity contribution in [2.45, 2.75) is 46.5 Å². The normalized spacial score (nSPS) is 25.4. The van der Waals surface area contributed by atoms with Gasteiger partial charge in [0.15, 0.2) is 0 Å². The first-order chi connectivity index (χ1) is 8.13. The van der Waals surface area contributed by atoms with Crippen LogP contribution in [0.25, 0.3) is 0 Å². The molecule has 100 valence electrons. The minimum absolute atomic E-state index is 0.734. The Balaban J connectivity index is 1.66. The largest absolute Gasteiger partial charge is 0.317 e. The topological polar surface area (TPSA) is 15.3 Å². The van der Waals surface area contributed by atoms with E-state index in [9.17, 15) is 0 Å². The third-order valence-electron chi connectivity index (χ3n) is 4.59. The van der Waals surface area contributed by atoms with Gasteiger partial charge in [0.1, 0.15) is 0 Å². The molecule has 0 aromatic carbocycles. The van der Waals surface area contributed by atoms with Crippen molar-refractivity contribution >= 4 is 0 Å². The number of likely N-dealkylation sites (tertiary alicyclic amines) is 1. The lowest BCUT2D eigenvalue weighted by atomic mass is 9.66. The number of nitrogens with one attached hydrogen (secondary N) is 1. The van der Waals surface area contributed by atoms with Crippen LogP contribution in [0, 0.1) is 17.3 Å². The third kappa shape index (κ3) is 3.45. The zero-order valence-electron chi connectivity index (χ0n) is 12.0. The molecule has 0 unspecified atom stereocenters. The standard InChI is InChI=1S/C15H30N2/c1-4-16-9-14-5-7-15(8-6-14)11-17(12-15)10-13(2)3/h13-14,16H,4-12H2,1-3H3. The van der Waals surface area contributed by atoms with Crippen LogP contribution in [0.4, 0.5) is 0 Å². The molecule has 2 nitrogen and oxygen atoms in total. The predicted molar refractivity (Wildman–Crippen MR) is 74.2 cm³/mol. The van der Waals surface area contributed by atoms with Gasteiger partial charge in [-0.25, -0.2) is 0 Å². The maximum atomic E-state index is 3.51. The van der Waals surface area contributed by atoms with Crippen LogP contribution in [-0.2, 0) is 0 Å². The van der Waals surface area contributed by atoms with Gasteiger partial charge in [-0.3, -0.25) is 0 Å². The van der Waals surface area contributed by atoms with Gasteiger partial charge in [-0.15, -0.1) is 0 Å². The Morgan fingerprint density at radius 2 is 1.88 bits per heavy atom. The molecular weight excluding hydrogens is 208 g/mol. The number of rotatable bonds is 5. The highest BCUT2D eigenvalue weighted by molar-refractivity contribution is 4.98. The summed E-state index contributed by atoms with van der Waals surface area (Å²) in [6, 6.07) is 0. The van der Waals surface area contributed by atoms with E-state index >= 15 is 0 Å². The molecule has 0 radical (unpaired) electrons. The maximum absolute atomic E-state index is 3.51. The van der Waals surface area contributed by atoms with Crippen molar-refractivity contribution in [1.82, 2.24) is 10.2 Å². The molecule has 1 spiro atoms. The fourth-order valence-electron chi connectivity index (χ4n) is 3.71. The highest BCUT2D eigenvalue weighted by Gasteiger charge is 2.44. The van der Waals surface area contributed by atoms with E-state index in [-0.39, 0.29) is 0 Å². The van der Waals surface area contributed by atoms with E-state index < -0.39 is 0 Å². The van der Waals surface area contributed by atoms with Crippen molar-refractivity contribution in [3.63, 3.8) is 0 Å². The van der Waals surface area contributed by atoms with Gasteiger partial charge in [-0.05, 0) is 56.0 Å². The summed E-state index contributed by atoms with van der Waals surface area (Å²) in [4.78, 5) is 2.66. The van der Waals surface area contributed by atoms with E-state index in [2.05, 4.69) is 31.0 Å². The summed E-state index contributed by atoms with van der Waals surface area (Å²) in [5, 5.41) is 3.51. The zero-order valence-corrected chi connectivity index (χ0v) is 12.0. The van der Waals surface area contributed by atoms with Crippen LogP contribution < -0.4 is 5.32 Å². The van der Waals surface area contributed by atoms with Crippen molar-refractivity contribution in [2.24, 2.45) is 17.3 Å². The molecule has 0 aromatic rings.